The van der Waals surface area contributed by atoms with Gasteiger partial charge in [0.25, 0.3) is 0 Å². The Hall–Kier alpha value is -3.92. The van der Waals surface area contributed by atoms with Crippen LogP contribution in [0.15, 0.2) is 48.8 Å². The summed E-state index contributed by atoms with van der Waals surface area (Å²) < 4.78 is 18.8. The molecule has 4 aromatic rings. The van der Waals surface area contributed by atoms with Gasteiger partial charge in [-0.15, -0.1) is 5.10 Å². The van der Waals surface area contributed by atoms with Crippen LogP contribution in [0.2, 0.25) is 0 Å². The Morgan fingerprint density at radius 2 is 1.79 bits per heavy atom. The van der Waals surface area contributed by atoms with Crippen molar-refractivity contribution in [1.82, 2.24) is 29.5 Å². The molecular formula is C24H25N7O3. The van der Waals surface area contributed by atoms with Crippen LogP contribution in [0, 0.1) is 0 Å². The van der Waals surface area contributed by atoms with E-state index in [4.69, 9.17) is 14.2 Å². The normalized spacial score (nSPS) is 15.5. The van der Waals surface area contributed by atoms with Crippen molar-refractivity contribution in [3.63, 3.8) is 0 Å². The van der Waals surface area contributed by atoms with Crippen molar-refractivity contribution >= 4 is 17.3 Å². The highest BCUT2D eigenvalue weighted by Crippen LogP contribution is 2.34. The number of anilines is 2. The predicted octanol–water partition coefficient (Wildman–Crippen LogP) is 3.18. The van der Waals surface area contributed by atoms with Crippen LogP contribution in [0.4, 0.5) is 11.6 Å². The largest absolute Gasteiger partial charge is 0.486 e. The van der Waals surface area contributed by atoms with E-state index in [0.29, 0.717) is 37.5 Å². The van der Waals surface area contributed by atoms with Gasteiger partial charge in [0.1, 0.15) is 19.8 Å². The summed E-state index contributed by atoms with van der Waals surface area (Å²) in [5.41, 5.74) is 3.26. The van der Waals surface area contributed by atoms with Crippen molar-refractivity contribution in [2.45, 2.75) is 12.8 Å². The van der Waals surface area contributed by atoms with Crippen LogP contribution in [0.25, 0.3) is 16.9 Å². The zero-order valence-electron chi connectivity index (χ0n) is 18.7. The fourth-order valence-corrected chi connectivity index (χ4v) is 4.24. The summed E-state index contributed by atoms with van der Waals surface area (Å²) in [7, 11) is 0. The number of ether oxygens (including phenoxy) is 3. The molecule has 1 N–H and O–H groups in total. The van der Waals surface area contributed by atoms with Crippen LogP contribution >= 0.6 is 0 Å². The second-order valence-corrected chi connectivity index (χ2v) is 8.25. The minimum Gasteiger partial charge on any atom is -0.486 e. The van der Waals surface area contributed by atoms with E-state index >= 15 is 0 Å². The highest BCUT2D eigenvalue weighted by Gasteiger charge is 2.15. The molecule has 0 bridgehead atoms. The zero-order chi connectivity index (χ0) is 22.7. The lowest BCUT2D eigenvalue weighted by Gasteiger charge is -2.19. The number of hydrogen-bond acceptors (Lipinski definition) is 9. The van der Waals surface area contributed by atoms with E-state index in [0.717, 1.165) is 48.0 Å². The van der Waals surface area contributed by atoms with E-state index < -0.39 is 0 Å². The molecular weight excluding hydrogens is 434 g/mol. The Kier molecular flexibility index (Phi) is 5.56. The first-order valence-corrected chi connectivity index (χ1v) is 11.5. The second-order valence-electron chi connectivity index (χ2n) is 8.25. The quantitative estimate of drug-likeness (QED) is 0.447. The number of rotatable bonds is 7. The van der Waals surface area contributed by atoms with E-state index in [-0.39, 0.29) is 0 Å². The van der Waals surface area contributed by atoms with Gasteiger partial charge in [0.2, 0.25) is 5.95 Å². The molecule has 0 unspecified atom stereocenters. The molecule has 0 amide bonds. The van der Waals surface area contributed by atoms with Gasteiger partial charge in [-0.2, -0.15) is 4.98 Å². The zero-order valence-corrected chi connectivity index (χ0v) is 18.7. The van der Waals surface area contributed by atoms with Gasteiger partial charge in [-0.05, 0) is 56.3 Å². The summed E-state index contributed by atoms with van der Waals surface area (Å²) in [6, 6.07) is 12.1. The van der Waals surface area contributed by atoms with Gasteiger partial charge in [0, 0.05) is 12.1 Å². The fourth-order valence-electron chi connectivity index (χ4n) is 4.24. The third kappa shape index (κ3) is 4.32. The molecule has 0 radical (unpaired) electrons. The fraction of sp³-hybridized carbons (Fsp3) is 0.333. The Balaban J connectivity index is 1.16. The van der Waals surface area contributed by atoms with Gasteiger partial charge in [0.05, 0.1) is 23.8 Å². The van der Waals surface area contributed by atoms with Gasteiger partial charge < -0.3 is 19.5 Å². The Morgan fingerprint density at radius 3 is 2.65 bits per heavy atom. The van der Waals surface area contributed by atoms with Gasteiger partial charge >= 0.3 is 6.01 Å². The number of likely N-dealkylation sites (tertiary alicyclic amines) is 1. The molecule has 10 nitrogen and oxygen atoms in total. The average molecular weight is 460 g/mol. The molecule has 0 atom stereocenters. The topological polar surface area (TPSA) is 98.9 Å². The second kappa shape index (κ2) is 9.14. The molecule has 0 spiro atoms. The Morgan fingerprint density at radius 1 is 0.971 bits per heavy atom. The van der Waals surface area contributed by atoms with Gasteiger partial charge in [0.15, 0.2) is 17.1 Å². The lowest BCUT2D eigenvalue weighted by atomic mass is 10.1. The van der Waals surface area contributed by atoms with Crippen molar-refractivity contribution in [2.75, 3.05) is 44.8 Å². The maximum atomic E-state index is 5.73. The van der Waals surface area contributed by atoms with Crippen molar-refractivity contribution in [2.24, 2.45) is 0 Å². The maximum Gasteiger partial charge on any atom is 0.316 e. The Bertz CT molecular complexity index is 1290. The first kappa shape index (κ1) is 20.7. The molecule has 6 rings (SSSR count). The number of nitrogens with one attached hydrogen (secondary N) is 1. The Labute approximate surface area is 196 Å². The average Bonchev–Trinajstić information content (AvgIpc) is 3.54. The third-order valence-electron chi connectivity index (χ3n) is 5.92. The summed E-state index contributed by atoms with van der Waals surface area (Å²) in [4.78, 5) is 15.6. The van der Waals surface area contributed by atoms with Crippen molar-refractivity contribution < 1.29 is 14.2 Å². The predicted molar refractivity (Wildman–Crippen MR) is 126 cm³/mol. The lowest BCUT2D eigenvalue weighted by molar-refractivity contribution is 0.171. The molecule has 2 aliphatic rings. The van der Waals surface area contributed by atoms with E-state index in [9.17, 15) is 0 Å². The summed E-state index contributed by atoms with van der Waals surface area (Å²) >= 11 is 0. The van der Waals surface area contributed by atoms with E-state index in [2.05, 4.69) is 30.3 Å². The van der Waals surface area contributed by atoms with Crippen LogP contribution < -0.4 is 19.5 Å². The molecule has 0 saturated carbocycles. The molecule has 3 aromatic heterocycles. The number of pyridine rings is 1. The summed E-state index contributed by atoms with van der Waals surface area (Å²) in [6.07, 6.45) is 5.88. The molecule has 34 heavy (non-hydrogen) atoms. The van der Waals surface area contributed by atoms with Crippen molar-refractivity contribution in [3.8, 4) is 28.8 Å². The standard InChI is InChI=1S/C24H25N7O3/c1-2-9-30(8-1)10-11-34-24-25-15-18(16-26-24)27-23-28-22-5-3-4-19(31(22)29-23)17-6-7-20-21(14-17)33-13-12-32-20/h3-7,14-16H,1-2,8-13H2,(H,27,29). The molecule has 1 fully saturated rings. The number of aromatic nitrogens is 5. The number of fused-ring (bicyclic) bond motifs is 2. The van der Waals surface area contributed by atoms with Crippen molar-refractivity contribution in [1.29, 1.82) is 0 Å². The van der Waals surface area contributed by atoms with Crippen LogP contribution in [0.3, 0.4) is 0 Å². The van der Waals surface area contributed by atoms with Crippen LogP contribution in [0.5, 0.6) is 17.5 Å². The molecule has 0 aliphatic carbocycles. The minimum absolute atomic E-state index is 0.369. The highest BCUT2D eigenvalue weighted by atomic mass is 16.6. The number of nitrogens with zero attached hydrogens (tertiary/aromatic N) is 6. The lowest BCUT2D eigenvalue weighted by Crippen LogP contribution is -2.25. The van der Waals surface area contributed by atoms with Crippen LogP contribution in [0.1, 0.15) is 12.8 Å². The van der Waals surface area contributed by atoms with Gasteiger partial charge in [-0.3, -0.25) is 4.90 Å². The monoisotopic (exact) mass is 459 g/mol. The van der Waals surface area contributed by atoms with E-state index in [1.54, 1.807) is 16.9 Å². The molecule has 1 aromatic carbocycles. The van der Waals surface area contributed by atoms with Gasteiger partial charge in [-0.25, -0.2) is 14.5 Å². The van der Waals surface area contributed by atoms with E-state index in [1.807, 2.05) is 36.4 Å². The first-order valence-electron chi connectivity index (χ1n) is 11.5. The molecule has 174 valence electrons. The number of hydrogen-bond donors (Lipinski definition) is 1. The van der Waals surface area contributed by atoms with Crippen LogP contribution in [-0.2, 0) is 0 Å². The maximum absolute atomic E-state index is 5.73. The SMILES string of the molecule is c1cc(-c2ccc3c(c2)OCCO3)n2nc(Nc3cnc(OCCN4CCCC4)nc3)nc2c1. The summed E-state index contributed by atoms with van der Waals surface area (Å²) in [6.45, 7) is 4.90. The molecule has 1 saturated heterocycles. The smallest absolute Gasteiger partial charge is 0.316 e. The highest BCUT2D eigenvalue weighted by molar-refractivity contribution is 5.67. The van der Waals surface area contributed by atoms with E-state index in [1.165, 1.54) is 12.8 Å². The molecule has 2 aliphatic heterocycles. The van der Waals surface area contributed by atoms with Crippen LogP contribution in [-0.4, -0.2) is 68.9 Å². The summed E-state index contributed by atoms with van der Waals surface area (Å²) in [5, 5.41) is 7.82. The number of benzene rings is 1. The van der Waals surface area contributed by atoms with Gasteiger partial charge in [-0.1, -0.05) is 6.07 Å². The molecule has 10 heteroatoms. The summed E-state index contributed by atoms with van der Waals surface area (Å²) in [5.74, 6) is 1.95. The molecule has 5 heterocycles. The third-order valence-corrected chi connectivity index (χ3v) is 5.92. The first-order chi connectivity index (χ1) is 16.8. The minimum atomic E-state index is 0.369. The van der Waals surface area contributed by atoms with Crippen molar-refractivity contribution in [3.05, 3.63) is 48.8 Å².